The molecule has 3 rings (SSSR count). The quantitative estimate of drug-likeness (QED) is 0.680. The fraction of sp³-hybridized carbons (Fsp3) is 0.400. The molecule has 0 aliphatic carbocycles. The van der Waals surface area contributed by atoms with Crippen molar-refractivity contribution in [3.8, 4) is 11.4 Å². The Morgan fingerprint density at radius 3 is 2.87 bits per heavy atom. The molecule has 0 unspecified atom stereocenters. The highest BCUT2D eigenvalue weighted by Crippen LogP contribution is 2.30. The van der Waals surface area contributed by atoms with E-state index < -0.39 is 0 Å². The molecule has 3 aromatic rings. The maximum atomic E-state index is 4.58. The minimum absolute atomic E-state index is 0.555. The molecule has 0 aliphatic heterocycles. The highest BCUT2D eigenvalue weighted by Gasteiger charge is 2.16. The Morgan fingerprint density at radius 1 is 1.30 bits per heavy atom. The monoisotopic (exact) mass is 346 g/mol. The van der Waals surface area contributed by atoms with E-state index in [4.69, 9.17) is 0 Å². The van der Waals surface area contributed by atoms with Crippen LogP contribution in [-0.4, -0.2) is 29.1 Å². The van der Waals surface area contributed by atoms with Crippen molar-refractivity contribution in [1.82, 2.24) is 29.1 Å². The van der Waals surface area contributed by atoms with Gasteiger partial charge in [-0.05, 0) is 48.3 Å². The molecule has 0 fully saturated rings. The molecule has 0 amide bonds. The smallest absolute Gasteiger partial charge is 0.198 e. The van der Waals surface area contributed by atoms with Crippen LogP contribution in [0.15, 0.2) is 34.0 Å². The van der Waals surface area contributed by atoms with Crippen LogP contribution in [0.4, 0.5) is 0 Å². The summed E-state index contributed by atoms with van der Waals surface area (Å²) in [4.78, 5) is 8.73. The lowest BCUT2D eigenvalue weighted by molar-refractivity contribution is 0.625. The van der Waals surface area contributed by atoms with Crippen molar-refractivity contribution in [2.24, 2.45) is 5.92 Å². The normalized spacial score (nSPS) is 11.3. The highest BCUT2D eigenvalue weighted by atomic mass is 32.2. The molecule has 0 radical (unpaired) electrons. The lowest BCUT2D eigenvalue weighted by Crippen LogP contribution is -1.99. The van der Waals surface area contributed by atoms with Gasteiger partial charge in [0.05, 0.1) is 0 Å². The van der Waals surface area contributed by atoms with Crippen LogP contribution in [0.1, 0.15) is 26.6 Å². The zero-order valence-electron chi connectivity index (χ0n) is 13.3. The number of pyridine rings is 1. The zero-order chi connectivity index (χ0) is 16.2. The Kier molecular flexibility index (Phi) is 5.02. The summed E-state index contributed by atoms with van der Waals surface area (Å²) in [6, 6.07) is 3.89. The average molecular weight is 346 g/mol. The maximum absolute atomic E-state index is 4.58. The summed E-state index contributed by atoms with van der Waals surface area (Å²) in [6.07, 6.45) is 4.46. The van der Waals surface area contributed by atoms with Crippen molar-refractivity contribution in [2.75, 3.05) is 0 Å². The van der Waals surface area contributed by atoms with Crippen molar-refractivity contribution >= 4 is 23.3 Å². The van der Waals surface area contributed by atoms with Crippen LogP contribution in [0.3, 0.4) is 0 Å². The van der Waals surface area contributed by atoms with Crippen LogP contribution in [0.25, 0.3) is 11.4 Å². The fourth-order valence-corrected chi connectivity index (χ4v) is 3.81. The van der Waals surface area contributed by atoms with Gasteiger partial charge in [-0.3, -0.25) is 4.98 Å². The van der Waals surface area contributed by atoms with Gasteiger partial charge < -0.3 is 4.57 Å². The molecule has 0 spiro atoms. The molecule has 0 saturated heterocycles. The maximum Gasteiger partial charge on any atom is 0.198 e. The first-order valence-corrected chi connectivity index (χ1v) is 9.10. The summed E-state index contributed by atoms with van der Waals surface area (Å²) in [6.45, 7) is 7.21. The van der Waals surface area contributed by atoms with Crippen LogP contribution in [0.2, 0.25) is 0 Å². The molecular formula is C15H18N6S2. The minimum Gasteiger partial charge on any atom is -0.302 e. The minimum atomic E-state index is 0.555. The Bertz CT molecular complexity index is 765. The van der Waals surface area contributed by atoms with Gasteiger partial charge in [-0.2, -0.15) is 4.37 Å². The van der Waals surface area contributed by atoms with Gasteiger partial charge in [0.1, 0.15) is 5.82 Å². The number of nitrogens with zero attached hydrogens (tertiary/aromatic N) is 6. The number of aromatic nitrogens is 6. The SMILES string of the molecule is CCn1c(Sc2nc(CC(C)C)ns2)nnc1-c1cccnc1. The van der Waals surface area contributed by atoms with Crippen LogP contribution in [0.5, 0.6) is 0 Å². The third-order valence-corrected chi connectivity index (χ3v) is 4.95. The highest BCUT2D eigenvalue weighted by molar-refractivity contribution is 8.00. The average Bonchev–Trinajstić information content (AvgIpc) is 3.14. The van der Waals surface area contributed by atoms with Crippen LogP contribution < -0.4 is 0 Å². The van der Waals surface area contributed by atoms with Gasteiger partial charge in [-0.25, -0.2) is 4.98 Å². The van der Waals surface area contributed by atoms with Crippen molar-refractivity contribution in [3.05, 3.63) is 30.4 Å². The van der Waals surface area contributed by atoms with E-state index in [1.807, 2.05) is 12.1 Å². The molecule has 120 valence electrons. The van der Waals surface area contributed by atoms with Crippen molar-refractivity contribution in [1.29, 1.82) is 0 Å². The van der Waals surface area contributed by atoms with Crippen LogP contribution in [-0.2, 0) is 13.0 Å². The van der Waals surface area contributed by atoms with Gasteiger partial charge in [0.2, 0.25) is 0 Å². The Balaban J connectivity index is 1.84. The second kappa shape index (κ2) is 7.18. The first-order valence-electron chi connectivity index (χ1n) is 7.51. The molecule has 0 bridgehead atoms. The van der Waals surface area contributed by atoms with E-state index >= 15 is 0 Å². The standard InChI is InChI=1S/C15H18N6S2/c1-4-21-13(11-6-5-7-16-9-11)18-19-14(21)22-15-17-12(20-23-15)8-10(2)3/h5-7,9-10H,4,8H2,1-3H3. The van der Waals surface area contributed by atoms with E-state index in [1.54, 1.807) is 12.4 Å². The van der Waals surface area contributed by atoms with E-state index in [2.05, 4.69) is 49.9 Å². The molecule has 0 aromatic carbocycles. The number of hydrogen-bond donors (Lipinski definition) is 0. The van der Waals surface area contributed by atoms with E-state index in [0.717, 1.165) is 39.7 Å². The Labute approximate surface area is 143 Å². The Morgan fingerprint density at radius 2 is 2.17 bits per heavy atom. The summed E-state index contributed by atoms with van der Waals surface area (Å²) < 4.78 is 7.39. The van der Waals surface area contributed by atoms with Crippen molar-refractivity contribution < 1.29 is 0 Å². The fourth-order valence-electron chi connectivity index (χ4n) is 2.16. The lowest BCUT2D eigenvalue weighted by atomic mass is 10.1. The van der Waals surface area contributed by atoms with Crippen molar-refractivity contribution in [2.45, 2.75) is 43.2 Å². The molecule has 0 N–H and O–H groups in total. The molecular weight excluding hydrogens is 328 g/mol. The van der Waals surface area contributed by atoms with Gasteiger partial charge in [-0.1, -0.05) is 13.8 Å². The molecule has 3 heterocycles. The third-order valence-electron chi connectivity index (χ3n) is 3.17. The molecule has 0 aliphatic rings. The molecule has 3 aromatic heterocycles. The molecule has 23 heavy (non-hydrogen) atoms. The van der Waals surface area contributed by atoms with Crippen LogP contribution >= 0.6 is 23.3 Å². The summed E-state index contributed by atoms with van der Waals surface area (Å²) in [5.74, 6) is 2.29. The predicted octanol–water partition coefficient (Wildman–Crippen LogP) is 3.56. The summed E-state index contributed by atoms with van der Waals surface area (Å²) in [7, 11) is 0. The van der Waals surface area contributed by atoms with E-state index in [9.17, 15) is 0 Å². The number of hydrogen-bond acceptors (Lipinski definition) is 7. The Hall–Kier alpha value is -1.80. The lowest BCUT2D eigenvalue weighted by Gasteiger charge is -2.05. The first kappa shape index (κ1) is 16.1. The topological polar surface area (TPSA) is 69.4 Å². The van der Waals surface area contributed by atoms with Crippen LogP contribution in [0, 0.1) is 5.92 Å². The van der Waals surface area contributed by atoms with Gasteiger partial charge in [0.15, 0.2) is 15.3 Å². The summed E-state index contributed by atoms with van der Waals surface area (Å²) in [5, 5.41) is 9.47. The van der Waals surface area contributed by atoms with Gasteiger partial charge in [-0.15, -0.1) is 10.2 Å². The molecule has 0 saturated carbocycles. The number of rotatable bonds is 6. The van der Waals surface area contributed by atoms with Gasteiger partial charge in [0.25, 0.3) is 0 Å². The largest absolute Gasteiger partial charge is 0.302 e. The van der Waals surface area contributed by atoms with E-state index in [0.29, 0.717) is 5.92 Å². The second-order valence-electron chi connectivity index (χ2n) is 5.47. The van der Waals surface area contributed by atoms with Gasteiger partial charge >= 0.3 is 0 Å². The first-order chi connectivity index (χ1) is 11.2. The third kappa shape index (κ3) is 3.76. The summed E-state index contributed by atoms with van der Waals surface area (Å²) >= 11 is 2.94. The molecule has 6 nitrogen and oxygen atoms in total. The zero-order valence-corrected chi connectivity index (χ0v) is 14.9. The van der Waals surface area contributed by atoms with E-state index in [1.165, 1.54) is 23.3 Å². The molecule has 8 heteroatoms. The molecule has 0 atom stereocenters. The van der Waals surface area contributed by atoms with E-state index in [-0.39, 0.29) is 0 Å². The van der Waals surface area contributed by atoms with Gasteiger partial charge in [0, 0.05) is 30.9 Å². The summed E-state index contributed by atoms with van der Waals surface area (Å²) in [5.41, 5.74) is 0.964. The predicted molar refractivity (Wildman–Crippen MR) is 91.5 cm³/mol. The van der Waals surface area contributed by atoms with Crippen molar-refractivity contribution in [3.63, 3.8) is 0 Å². The second-order valence-corrected chi connectivity index (χ2v) is 7.43.